The van der Waals surface area contributed by atoms with Crippen molar-refractivity contribution in [1.82, 2.24) is 4.98 Å². The zero-order valence-corrected chi connectivity index (χ0v) is 22.2. The van der Waals surface area contributed by atoms with Gasteiger partial charge in [0.25, 0.3) is 0 Å². The van der Waals surface area contributed by atoms with E-state index >= 15 is 0 Å². The molecular weight excluding hydrogens is 523 g/mol. The molecule has 0 aliphatic rings. The van der Waals surface area contributed by atoms with Crippen LogP contribution >= 0.6 is 34.5 Å². The van der Waals surface area contributed by atoms with E-state index in [4.69, 9.17) is 32.9 Å². The summed E-state index contributed by atoms with van der Waals surface area (Å²) in [4.78, 5) is 18.9. The summed E-state index contributed by atoms with van der Waals surface area (Å²) < 4.78 is 4.81. The zero-order valence-electron chi connectivity index (χ0n) is 19.9. The highest BCUT2D eigenvalue weighted by Gasteiger charge is 2.17. The predicted molar refractivity (Wildman–Crippen MR) is 153 cm³/mol. The lowest BCUT2D eigenvalue weighted by Gasteiger charge is -2.23. The van der Waals surface area contributed by atoms with Gasteiger partial charge in [-0.15, -0.1) is 11.3 Å². The van der Waals surface area contributed by atoms with Gasteiger partial charge in [-0.1, -0.05) is 89.9 Å². The highest BCUT2D eigenvalue weighted by atomic mass is 35.5. The number of thiazole rings is 1. The minimum Gasteiger partial charge on any atom is -0.465 e. The number of methoxy groups -OCH3 is 1. The monoisotopic (exact) mass is 544 g/mol. The molecule has 0 atom stereocenters. The van der Waals surface area contributed by atoms with E-state index in [-0.39, 0.29) is 5.97 Å². The summed E-state index contributed by atoms with van der Waals surface area (Å²) in [6, 6.07) is 31.6. The third-order valence-electron chi connectivity index (χ3n) is 5.94. The molecule has 0 N–H and O–H groups in total. The fourth-order valence-corrected chi connectivity index (χ4v) is 5.10. The molecule has 4 aromatic carbocycles. The lowest BCUT2D eigenvalue weighted by Crippen LogP contribution is -2.16. The average molecular weight is 545 g/mol. The van der Waals surface area contributed by atoms with E-state index in [1.54, 1.807) is 29.5 Å². The average Bonchev–Trinajstić information content (AvgIpc) is 3.44. The summed E-state index contributed by atoms with van der Waals surface area (Å²) in [6.45, 7) is 0.527. The van der Waals surface area contributed by atoms with Crippen LogP contribution in [-0.4, -0.2) is 18.1 Å². The molecule has 184 valence electrons. The van der Waals surface area contributed by atoms with E-state index < -0.39 is 0 Å². The molecule has 7 heteroatoms. The van der Waals surface area contributed by atoms with Crippen LogP contribution in [0.3, 0.4) is 0 Å². The van der Waals surface area contributed by atoms with Crippen molar-refractivity contribution in [1.29, 1.82) is 0 Å². The standard InChI is InChI=1S/C30H22Cl2N2O2S/c1-36-29(35)24-9-7-20(8-10-24)18-34(25-15-16-26(31)27(32)17-25)30-33-28(19-37-30)23-13-11-22(12-14-23)21-5-3-2-4-6-21/h2-17,19H,18H2,1H3. The van der Waals surface area contributed by atoms with Crippen molar-refractivity contribution in [2.45, 2.75) is 6.54 Å². The van der Waals surface area contributed by atoms with Gasteiger partial charge in [0.05, 0.1) is 35.0 Å². The van der Waals surface area contributed by atoms with Crippen molar-refractivity contribution in [2.75, 3.05) is 12.0 Å². The van der Waals surface area contributed by atoms with E-state index in [1.807, 2.05) is 42.5 Å². The lowest BCUT2D eigenvalue weighted by atomic mass is 10.0. The number of aromatic nitrogens is 1. The minimum atomic E-state index is -0.365. The largest absolute Gasteiger partial charge is 0.465 e. The van der Waals surface area contributed by atoms with Crippen molar-refractivity contribution < 1.29 is 9.53 Å². The van der Waals surface area contributed by atoms with E-state index in [0.717, 1.165) is 33.2 Å². The van der Waals surface area contributed by atoms with Crippen molar-refractivity contribution in [3.63, 3.8) is 0 Å². The molecule has 0 fully saturated rings. The Kier molecular flexibility index (Phi) is 7.56. The second-order valence-corrected chi connectivity index (χ2v) is 9.98. The zero-order chi connectivity index (χ0) is 25.8. The first-order valence-electron chi connectivity index (χ1n) is 11.5. The number of nitrogens with zero attached hydrogens (tertiary/aromatic N) is 2. The molecular formula is C30H22Cl2N2O2S. The van der Waals surface area contributed by atoms with Crippen molar-refractivity contribution in [3.05, 3.63) is 124 Å². The number of halogens is 2. The molecule has 5 rings (SSSR count). The van der Waals surface area contributed by atoms with E-state index in [1.165, 1.54) is 12.7 Å². The van der Waals surface area contributed by atoms with Crippen LogP contribution in [0.4, 0.5) is 10.8 Å². The maximum Gasteiger partial charge on any atom is 0.337 e. The van der Waals surface area contributed by atoms with Gasteiger partial charge in [-0.3, -0.25) is 0 Å². The van der Waals surface area contributed by atoms with Crippen LogP contribution in [0, 0.1) is 0 Å². The molecule has 37 heavy (non-hydrogen) atoms. The molecule has 0 bridgehead atoms. The molecule has 1 aromatic heterocycles. The molecule has 1 heterocycles. The maximum absolute atomic E-state index is 11.8. The number of esters is 1. The Morgan fingerprint density at radius 2 is 1.51 bits per heavy atom. The number of hydrogen-bond donors (Lipinski definition) is 0. The Hall–Kier alpha value is -3.64. The topological polar surface area (TPSA) is 42.4 Å². The van der Waals surface area contributed by atoms with Crippen LogP contribution in [0.15, 0.2) is 102 Å². The van der Waals surface area contributed by atoms with Crippen molar-refractivity contribution in [2.24, 2.45) is 0 Å². The maximum atomic E-state index is 11.8. The number of hydrogen-bond acceptors (Lipinski definition) is 5. The summed E-state index contributed by atoms with van der Waals surface area (Å²) in [7, 11) is 1.37. The Morgan fingerprint density at radius 3 is 2.19 bits per heavy atom. The third kappa shape index (κ3) is 5.70. The molecule has 0 amide bonds. The van der Waals surface area contributed by atoms with Gasteiger partial charge in [-0.25, -0.2) is 9.78 Å². The van der Waals surface area contributed by atoms with Crippen LogP contribution < -0.4 is 4.90 Å². The number of anilines is 2. The molecule has 0 saturated carbocycles. The second kappa shape index (κ2) is 11.2. The summed E-state index contributed by atoms with van der Waals surface area (Å²) in [6.07, 6.45) is 0. The van der Waals surface area contributed by atoms with Gasteiger partial charge in [0.15, 0.2) is 5.13 Å². The van der Waals surface area contributed by atoms with Crippen LogP contribution in [0.2, 0.25) is 10.0 Å². The van der Waals surface area contributed by atoms with Gasteiger partial charge >= 0.3 is 5.97 Å². The summed E-state index contributed by atoms with van der Waals surface area (Å²) >= 11 is 14.1. The summed E-state index contributed by atoms with van der Waals surface area (Å²) in [5.41, 5.74) is 6.64. The van der Waals surface area contributed by atoms with Crippen LogP contribution in [-0.2, 0) is 11.3 Å². The number of ether oxygens (including phenoxy) is 1. The normalized spacial score (nSPS) is 10.8. The molecule has 0 aliphatic carbocycles. The molecule has 0 unspecified atom stereocenters. The number of carbonyl (C=O) groups is 1. The first-order valence-corrected chi connectivity index (χ1v) is 13.2. The van der Waals surface area contributed by atoms with Crippen molar-refractivity contribution >= 4 is 51.3 Å². The lowest BCUT2D eigenvalue weighted by molar-refractivity contribution is 0.0600. The number of carbonyl (C=O) groups excluding carboxylic acids is 1. The fraction of sp³-hybridized carbons (Fsp3) is 0.0667. The minimum absolute atomic E-state index is 0.365. The fourth-order valence-electron chi connectivity index (χ4n) is 3.95. The summed E-state index contributed by atoms with van der Waals surface area (Å²) in [5, 5.41) is 3.83. The van der Waals surface area contributed by atoms with Gasteiger partial charge in [0.2, 0.25) is 0 Å². The molecule has 5 aromatic rings. The number of rotatable bonds is 7. The van der Waals surface area contributed by atoms with E-state index in [2.05, 4.69) is 46.7 Å². The van der Waals surface area contributed by atoms with Gasteiger partial charge in [0, 0.05) is 16.6 Å². The Bertz CT molecular complexity index is 1520. The van der Waals surface area contributed by atoms with Crippen LogP contribution in [0.5, 0.6) is 0 Å². The van der Waals surface area contributed by atoms with E-state index in [9.17, 15) is 4.79 Å². The van der Waals surface area contributed by atoms with Crippen molar-refractivity contribution in [3.8, 4) is 22.4 Å². The Balaban J connectivity index is 1.45. The van der Waals surface area contributed by atoms with E-state index in [0.29, 0.717) is 22.2 Å². The highest BCUT2D eigenvalue weighted by Crippen LogP contribution is 2.36. The van der Waals surface area contributed by atoms with Gasteiger partial charge < -0.3 is 9.64 Å². The first-order chi connectivity index (χ1) is 18.0. The quantitative estimate of drug-likeness (QED) is 0.192. The Labute approximate surface area is 229 Å². The molecule has 0 aliphatic heterocycles. The summed E-state index contributed by atoms with van der Waals surface area (Å²) in [5.74, 6) is -0.365. The molecule has 0 spiro atoms. The first kappa shape index (κ1) is 25.0. The number of benzene rings is 4. The smallest absolute Gasteiger partial charge is 0.337 e. The predicted octanol–water partition coefficient (Wildman–Crippen LogP) is 8.91. The van der Waals surface area contributed by atoms with Crippen LogP contribution in [0.25, 0.3) is 22.4 Å². The van der Waals surface area contributed by atoms with Gasteiger partial charge in [0.1, 0.15) is 0 Å². The van der Waals surface area contributed by atoms with Crippen LogP contribution in [0.1, 0.15) is 15.9 Å². The highest BCUT2D eigenvalue weighted by molar-refractivity contribution is 7.14. The second-order valence-electron chi connectivity index (χ2n) is 8.33. The Morgan fingerprint density at radius 1 is 0.838 bits per heavy atom. The molecule has 0 saturated heterocycles. The molecule has 4 nitrogen and oxygen atoms in total. The third-order valence-corrected chi connectivity index (χ3v) is 7.54. The van der Waals surface area contributed by atoms with Gasteiger partial charge in [-0.2, -0.15) is 0 Å². The SMILES string of the molecule is COC(=O)c1ccc(CN(c2ccc(Cl)c(Cl)c2)c2nc(-c3ccc(-c4ccccc4)cc3)cs2)cc1. The van der Waals surface area contributed by atoms with Gasteiger partial charge in [-0.05, 0) is 47.0 Å². The molecule has 0 radical (unpaired) electrons.